The van der Waals surface area contributed by atoms with Crippen molar-refractivity contribution in [1.29, 1.82) is 0 Å². The van der Waals surface area contributed by atoms with Crippen LogP contribution in [0.3, 0.4) is 0 Å². The summed E-state index contributed by atoms with van der Waals surface area (Å²) in [5.74, 6) is -0.316. The highest BCUT2D eigenvalue weighted by molar-refractivity contribution is 7.98. The van der Waals surface area contributed by atoms with Crippen molar-refractivity contribution in [3.05, 3.63) is 42.2 Å². The van der Waals surface area contributed by atoms with E-state index < -0.39 is 17.7 Å². The molecule has 0 bridgehead atoms. The van der Waals surface area contributed by atoms with Crippen LogP contribution >= 0.6 is 11.8 Å². The molecule has 0 unspecified atom stereocenters. The minimum atomic E-state index is -0.853. The van der Waals surface area contributed by atoms with Crippen LogP contribution in [0.15, 0.2) is 30.9 Å². The van der Waals surface area contributed by atoms with Crippen LogP contribution in [-0.2, 0) is 11.2 Å². The van der Waals surface area contributed by atoms with E-state index in [1.54, 1.807) is 19.3 Å². The highest BCUT2D eigenvalue weighted by atomic mass is 32.2. The molecule has 4 aromatic heterocycles. The Labute approximate surface area is 189 Å². The number of nitrogens with one attached hydrogen (secondary N) is 1. The number of unbranched alkanes of at least 4 members (excludes halogenated alkanes) is 1. The number of aromatic nitrogens is 5. The van der Waals surface area contributed by atoms with Gasteiger partial charge in [0, 0.05) is 41.0 Å². The maximum absolute atomic E-state index is 13.8. The van der Waals surface area contributed by atoms with Crippen LogP contribution in [0.25, 0.3) is 33.5 Å². The fourth-order valence-electron chi connectivity index (χ4n) is 3.91. The Kier molecular flexibility index (Phi) is 6.45. The molecule has 9 heteroatoms. The van der Waals surface area contributed by atoms with Crippen LogP contribution in [0, 0.1) is 11.7 Å². The summed E-state index contributed by atoms with van der Waals surface area (Å²) in [6.45, 7) is 3.59. The number of thioether (sulfide) groups is 1. The second-order valence-corrected chi connectivity index (χ2v) is 9.05. The molecule has 0 amide bonds. The van der Waals surface area contributed by atoms with Crippen molar-refractivity contribution in [2.45, 2.75) is 39.2 Å². The molecule has 0 fully saturated rings. The van der Waals surface area contributed by atoms with Crippen molar-refractivity contribution in [3.8, 4) is 11.4 Å². The smallest absolute Gasteiger partial charge is 0.308 e. The highest BCUT2D eigenvalue weighted by Crippen LogP contribution is 2.31. The maximum Gasteiger partial charge on any atom is 0.308 e. The molecule has 0 aliphatic heterocycles. The molecule has 4 rings (SSSR count). The summed E-state index contributed by atoms with van der Waals surface area (Å²) in [4.78, 5) is 28.1. The number of fused-ring (bicyclic) bond motifs is 2. The first-order valence-electron chi connectivity index (χ1n) is 10.6. The summed E-state index contributed by atoms with van der Waals surface area (Å²) in [5, 5.41) is 11.1. The number of hydrogen-bond donors (Lipinski definition) is 2. The summed E-state index contributed by atoms with van der Waals surface area (Å²) >= 11 is 1.83. The Hall–Kier alpha value is -2.94. The van der Waals surface area contributed by atoms with Gasteiger partial charge in [-0.1, -0.05) is 0 Å². The zero-order chi connectivity index (χ0) is 22.8. The topological polar surface area (TPSA) is 96.7 Å². The van der Waals surface area contributed by atoms with Crippen molar-refractivity contribution < 1.29 is 14.3 Å². The number of aryl methyl sites for hydroxylation is 1. The molecule has 168 valence electrons. The Bertz CT molecular complexity index is 1270. The first kappa shape index (κ1) is 22.3. The maximum atomic E-state index is 13.8. The molecular formula is C23H26FN5O2S. The van der Waals surface area contributed by atoms with Crippen LogP contribution in [0.5, 0.6) is 0 Å². The van der Waals surface area contributed by atoms with Gasteiger partial charge in [-0.3, -0.25) is 4.79 Å². The highest BCUT2D eigenvalue weighted by Gasteiger charge is 2.24. The third-order valence-corrected chi connectivity index (χ3v) is 6.69. The fourth-order valence-corrected chi connectivity index (χ4v) is 4.40. The summed E-state index contributed by atoms with van der Waals surface area (Å²) in [7, 11) is 0. The molecule has 2 atom stereocenters. The Morgan fingerprint density at radius 3 is 2.81 bits per heavy atom. The number of halogens is 1. The van der Waals surface area contributed by atoms with Gasteiger partial charge in [0.2, 0.25) is 0 Å². The number of carboxylic acids is 1. The fraction of sp³-hybridized carbons (Fsp3) is 0.391. The second-order valence-electron chi connectivity index (χ2n) is 8.06. The minimum Gasteiger partial charge on any atom is -0.481 e. The standard InChI is InChI=1S/C23H26FN5O2S/c1-13(23(30)31)14(2)29-12-15(6-4-5-7-32-3)18-10-27-21(28-22(18)29)19-11-26-20-17(19)8-16(24)9-25-20/h8-14H,4-7H2,1-3H3,(H,25,26)(H,30,31)/t13-,14-/m1/s1. The van der Waals surface area contributed by atoms with Gasteiger partial charge in [0.1, 0.15) is 17.1 Å². The van der Waals surface area contributed by atoms with Crippen molar-refractivity contribution in [1.82, 2.24) is 24.5 Å². The third kappa shape index (κ3) is 4.21. The van der Waals surface area contributed by atoms with Crippen molar-refractivity contribution in [2.75, 3.05) is 12.0 Å². The Morgan fingerprint density at radius 1 is 1.25 bits per heavy atom. The lowest BCUT2D eigenvalue weighted by atomic mass is 10.0. The van der Waals surface area contributed by atoms with E-state index in [9.17, 15) is 14.3 Å². The predicted molar refractivity (Wildman–Crippen MR) is 125 cm³/mol. The zero-order valence-electron chi connectivity index (χ0n) is 18.3. The van der Waals surface area contributed by atoms with Gasteiger partial charge in [0.15, 0.2) is 5.82 Å². The van der Waals surface area contributed by atoms with Crippen molar-refractivity contribution in [2.24, 2.45) is 5.92 Å². The SMILES string of the molecule is CSCCCCc1cn([C@H](C)[C@@H](C)C(=O)O)c2nc(-c3c[nH]c4ncc(F)cc34)ncc12. The molecule has 0 saturated carbocycles. The van der Waals surface area contributed by atoms with Gasteiger partial charge >= 0.3 is 5.97 Å². The average Bonchev–Trinajstić information content (AvgIpc) is 3.36. The molecule has 0 aliphatic carbocycles. The largest absolute Gasteiger partial charge is 0.481 e. The zero-order valence-corrected chi connectivity index (χ0v) is 19.1. The molecule has 0 aliphatic rings. The van der Waals surface area contributed by atoms with Crippen molar-refractivity contribution in [3.63, 3.8) is 0 Å². The monoisotopic (exact) mass is 455 g/mol. The molecule has 4 aromatic rings. The van der Waals surface area contributed by atoms with Crippen molar-refractivity contribution >= 4 is 39.8 Å². The van der Waals surface area contributed by atoms with E-state index in [0.717, 1.165) is 42.2 Å². The average molecular weight is 456 g/mol. The van der Waals surface area contributed by atoms with Crippen LogP contribution in [0.1, 0.15) is 38.3 Å². The molecule has 0 spiro atoms. The third-order valence-electron chi connectivity index (χ3n) is 5.99. The van der Waals surface area contributed by atoms with Gasteiger partial charge in [-0.05, 0) is 56.7 Å². The number of hydrogen-bond acceptors (Lipinski definition) is 5. The minimum absolute atomic E-state index is 0.292. The first-order chi connectivity index (χ1) is 15.4. The molecule has 7 nitrogen and oxygen atoms in total. The predicted octanol–water partition coefficient (Wildman–Crippen LogP) is 5.08. The summed E-state index contributed by atoms with van der Waals surface area (Å²) in [6.07, 6.45) is 11.8. The number of carbonyl (C=O) groups is 1. The van der Waals surface area contributed by atoms with Gasteiger partial charge in [-0.25, -0.2) is 19.3 Å². The lowest BCUT2D eigenvalue weighted by Gasteiger charge is -2.18. The number of carboxylic acid groups (broad SMARTS) is 1. The molecule has 0 aromatic carbocycles. The van der Waals surface area contributed by atoms with E-state index in [-0.39, 0.29) is 6.04 Å². The molecule has 0 radical (unpaired) electrons. The van der Waals surface area contributed by atoms with Gasteiger partial charge < -0.3 is 14.7 Å². The van der Waals surface area contributed by atoms with Gasteiger partial charge in [-0.15, -0.1) is 0 Å². The van der Waals surface area contributed by atoms with E-state index in [4.69, 9.17) is 4.98 Å². The van der Waals surface area contributed by atoms with Crippen LogP contribution in [0.2, 0.25) is 0 Å². The number of pyridine rings is 1. The number of aliphatic carboxylic acids is 1. The molecule has 2 N–H and O–H groups in total. The van der Waals surface area contributed by atoms with E-state index in [0.29, 0.717) is 28.1 Å². The number of H-pyrrole nitrogens is 1. The van der Waals surface area contributed by atoms with Gasteiger partial charge in [-0.2, -0.15) is 11.8 Å². The summed E-state index contributed by atoms with van der Waals surface area (Å²) < 4.78 is 15.7. The van der Waals surface area contributed by atoms with Crippen LogP contribution < -0.4 is 0 Å². The lowest BCUT2D eigenvalue weighted by Crippen LogP contribution is -2.21. The summed E-state index contributed by atoms with van der Waals surface area (Å²) in [5.41, 5.74) is 3.02. The van der Waals surface area contributed by atoms with Gasteiger partial charge in [0.05, 0.1) is 12.1 Å². The summed E-state index contributed by atoms with van der Waals surface area (Å²) in [6, 6.07) is 1.12. The molecule has 0 saturated heterocycles. The molecular weight excluding hydrogens is 429 g/mol. The van der Waals surface area contributed by atoms with Crippen LogP contribution in [-0.4, -0.2) is 47.6 Å². The molecule has 4 heterocycles. The number of rotatable bonds is 9. The van der Waals surface area contributed by atoms with E-state index >= 15 is 0 Å². The van der Waals surface area contributed by atoms with Gasteiger partial charge in [0.25, 0.3) is 0 Å². The first-order valence-corrected chi connectivity index (χ1v) is 12.0. The second kappa shape index (κ2) is 9.28. The molecule has 32 heavy (non-hydrogen) atoms. The van der Waals surface area contributed by atoms with E-state index in [2.05, 4.69) is 21.2 Å². The van der Waals surface area contributed by atoms with E-state index in [1.807, 2.05) is 29.4 Å². The van der Waals surface area contributed by atoms with E-state index in [1.165, 1.54) is 6.07 Å². The number of nitrogens with zero attached hydrogens (tertiary/aromatic N) is 4. The quantitative estimate of drug-likeness (QED) is 0.342. The van der Waals surface area contributed by atoms with Crippen LogP contribution in [0.4, 0.5) is 4.39 Å². The Morgan fingerprint density at radius 2 is 2.06 bits per heavy atom. The Balaban J connectivity index is 1.81. The normalized spacial score (nSPS) is 13.6. The lowest BCUT2D eigenvalue weighted by molar-refractivity contribution is -0.142. The number of aromatic amines is 1.